The molecule has 3 aromatic carbocycles. The van der Waals surface area contributed by atoms with Crippen LogP contribution < -0.4 is 0 Å². The van der Waals surface area contributed by atoms with E-state index in [-0.39, 0.29) is 0 Å². The summed E-state index contributed by atoms with van der Waals surface area (Å²) >= 11 is 0. The Bertz CT molecular complexity index is 815. The molecule has 0 heteroatoms. The SMILES string of the molecule is C(/C=C\c1ccc(/C=C\C=C\c2ccccc2)cc1)=C/c1ccccc1. The monoisotopic (exact) mass is 334 g/mol. The van der Waals surface area contributed by atoms with Crippen LogP contribution in [-0.4, -0.2) is 0 Å². The Morgan fingerprint density at radius 2 is 0.577 bits per heavy atom. The van der Waals surface area contributed by atoms with Gasteiger partial charge in [-0.2, -0.15) is 0 Å². The molecule has 0 unspecified atom stereocenters. The van der Waals surface area contributed by atoms with Crippen molar-refractivity contribution < 1.29 is 0 Å². The standard InChI is InChI=1S/C26H22/c1-3-11-23(12-4-1)15-7-9-17-25-19-21-26(22-20-25)18-10-8-16-24-13-5-2-6-14-24/h1-22H/b15-7-,16-8+,17-9-,18-10-. The fourth-order valence-corrected chi connectivity index (χ4v) is 2.51. The summed E-state index contributed by atoms with van der Waals surface area (Å²) in [5.74, 6) is 0. The molecular formula is C26H22. The predicted molar refractivity (Wildman–Crippen MR) is 115 cm³/mol. The average Bonchev–Trinajstić information content (AvgIpc) is 2.71. The van der Waals surface area contributed by atoms with E-state index in [1.54, 1.807) is 0 Å². The first kappa shape index (κ1) is 17.4. The fourth-order valence-electron chi connectivity index (χ4n) is 2.51. The van der Waals surface area contributed by atoms with Gasteiger partial charge in [0.2, 0.25) is 0 Å². The van der Waals surface area contributed by atoms with Gasteiger partial charge in [-0.1, -0.05) is 134 Å². The first-order valence-electron chi connectivity index (χ1n) is 8.80. The van der Waals surface area contributed by atoms with Crippen molar-refractivity contribution in [2.75, 3.05) is 0 Å². The van der Waals surface area contributed by atoms with Crippen LogP contribution in [0, 0.1) is 0 Å². The van der Waals surface area contributed by atoms with Crippen LogP contribution in [0.2, 0.25) is 0 Å². The van der Waals surface area contributed by atoms with Gasteiger partial charge < -0.3 is 0 Å². The number of hydrogen-bond donors (Lipinski definition) is 0. The van der Waals surface area contributed by atoms with E-state index in [2.05, 4.69) is 97.1 Å². The third kappa shape index (κ3) is 5.92. The summed E-state index contributed by atoms with van der Waals surface area (Å²) in [5, 5.41) is 0. The van der Waals surface area contributed by atoms with Crippen molar-refractivity contribution in [1.82, 2.24) is 0 Å². The van der Waals surface area contributed by atoms with Crippen LogP contribution in [-0.2, 0) is 0 Å². The summed E-state index contributed by atoms with van der Waals surface area (Å²) < 4.78 is 0. The molecule has 0 radical (unpaired) electrons. The highest BCUT2D eigenvalue weighted by Gasteiger charge is 1.88. The molecule has 3 aromatic rings. The molecule has 0 N–H and O–H groups in total. The van der Waals surface area contributed by atoms with E-state index >= 15 is 0 Å². The maximum atomic E-state index is 2.13. The van der Waals surface area contributed by atoms with Crippen molar-refractivity contribution in [2.24, 2.45) is 0 Å². The Morgan fingerprint density at radius 3 is 0.885 bits per heavy atom. The van der Waals surface area contributed by atoms with Gasteiger partial charge in [0, 0.05) is 0 Å². The molecule has 0 nitrogen and oxygen atoms in total. The smallest absolute Gasteiger partial charge is 0.0256 e. The number of hydrogen-bond acceptors (Lipinski definition) is 0. The third-order valence-electron chi connectivity index (χ3n) is 3.91. The summed E-state index contributed by atoms with van der Waals surface area (Å²) in [6.07, 6.45) is 16.7. The first-order chi connectivity index (χ1) is 12.9. The second-order valence-electron chi connectivity index (χ2n) is 5.92. The molecule has 3 rings (SSSR count). The lowest BCUT2D eigenvalue weighted by atomic mass is 10.1. The molecule has 126 valence electrons. The summed E-state index contributed by atoms with van der Waals surface area (Å²) in [5.41, 5.74) is 4.81. The summed E-state index contributed by atoms with van der Waals surface area (Å²) in [6.45, 7) is 0. The molecule has 0 atom stereocenters. The Kier molecular flexibility index (Phi) is 6.58. The summed E-state index contributed by atoms with van der Waals surface area (Å²) in [6, 6.07) is 29.2. The van der Waals surface area contributed by atoms with Crippen molar-refractivity contribution in [3.05, 3.63) is 131 Å². The third-order valence-corrected chi connectivity index (χ3v) is 3.91. The highest BCUT2D eigenvalue weighted by atomic mass is 13.9. The van der Waals surface area contributed by atoms with Crippen LogP contribution in [0.4, 0.5) is 0 Å². The zero-order chi connectivity index (χ0) is 17.9. The number of allylic oxidation sites excluding steroid dienone is 4. The Labute approximate surface area is 156 Å². The fraction of sp³-hybridized carbons (Fsp3) is 0. The van der Waals surface area contributed by atoms with Crippen molar-refractivity contribution >= 4 is 24.3 Å². The maximum Gasteiger partial charge on any atom is -0.0256 e. The lowest BCUT2D eigenvalue weighted by molar-refractivity contribution is 1.62. The topological polar surface area (TPSA) is 0 Å². The van der Waals surface area contributed by atoms with Gasteiger partial charge in [-0.15, -0.1) is 0 Å². The zero-order valence-electron chi connectivity index (χ0n) is 14.7. The van der Waals surface area contributed by atoms with E-state index in [4.69, 9.17) is 0 Å². The molecule has 0 aliphatic rings. The van der Waals surface area contributed by atoms with E-state index in [1.165, 1.54) is 22.3 Å². The normalized spacial score (nSPS) is 12.0. The van der Waals surface area contributed by atoms with Crippen LogP contribution in [0.1, 0.15) is 22.3 Å². The molecule has 0 aliphatic carbocycles. The minimum absolute atomic E-state index is 1.19. The molecule has 0 aromatic heterocycles. The van der Waals surface area contributed by atoms with Gasteiger partial charge in [0.25, 0.3) is 0 Å². The second-order valence-corrected chi connectivity index (χ2v) is 5.92. The van der Waals surface area contributed by atoms with Gasteiger partial charge in [0.15, 0.2) is 0 Å². The van der Waals surface area contributed by atoms with Gasteiger partial charge in [-0.3, -0.25) is 0 Å². The van der Waals surface area contributed by atoms with Gasteiger partial charge in [0.1, 0.15) is 0 Å². The van der Waals surface area contributed by atoms with Crippen molar-refractivity contribution in [3.63, 3.8) is 0 Å². The molecule has 0 spiro atoms. The molecular weight excluding hydrogens is 312 g/mol. The second kappa shape index (κ2) is 9.80. The highest BCUT2D eigenvalue weighted by molar-refractivity contribution is 5.61. The van der Waals surface area contributed by atoms with E-state index in [1.807, 2.05) is 36.4 Å². The number of rotatable bonds is 6. The minimum atomic E-state index is 1.19. The first-order valence-corrected chi connectivity index (χ1v) is 8.80. The Morgan fingerprint density at radius 1 is 0.308 bits per heavy atom. The van der Waals surface area contributed by atoms with E-state index in [0.717, 1.165) is 0 Å². The molecule has 0 aliphatic heterocycles. The largest absolute Gasteiger partial charge is 0.0622 e. The zero-order valence-corrected chi connectivity index (χ0v) is 14.7. The van der Waals surface area contributed by atoms with Crippen LogP contribution in [0.25, 0.3) is 24.3 Å². The molecule has 26 heavy (non-hydrogen) atoms. The molecule has 0 amide bonds. The quantitative estimate of drug-likeness (QED) is 0.420. The van der Waals surface area contributed by atoms with Crippen LogP contribution in [0.5, 0.6) is 0 Å². The number of benzene rings is 3. The van der Waals surface area contributed by atoms with E-state index in [0.29, 0.717) is 0 Å². The lowest BCUT2D eigenvalue weighted by Gasteiger charge is -1.95. The van der Waals surface area contributed by atoms with Gasteiger partial charge in [0.05, 0.1) is 0 Å². The minimum Gasteiger partial charge on any atom is -0.0622 e. The maximum absolute atomic E-state index is 2.13. The molecule has 0 saturated heterocycles. The van der Waals surface area contributed by atoms with Crippen LogP contribution in [0.15, 0.2) is 109 Å². The van der Waals surface area contributed by atoms with Crippen LogP contribution >= 0.6 is 0 Å². The summed E-state index contributed by atoms with van der Waals surface area (Å²) in [4.78, 5) is 0. The molecule has 0 heterocycles. The molecule has 0 saturated carbocycles. The van der Waals surface area contributed by atoms with Crippen molar-refractivity contribution in [2.45, 2.75) is 0 Å². The summed E-state index contributed by atoms with van der Waals surface area (Å²) in [7, 11) is 0. The van der Waals surface area contributed by atoms with Crippen molar-refractivity contribution in [3.8, 4) is 0 Å². The lowest BCUT2D eigenvalue weighted by Crippen LogP contribution is -1.74. The van der Waals surface area contributed by atoms with Gasteiger partial charge in [-0.05, 0) is 22.3 Å². The van der Waals surface area contributed by atoms with Crippen molar-refractivity contribution in [1.29, 1.82) is 0 Å². The average molecular weight is 334 g/mol. The van der Waals surface area contributed by atoms with Gasteiger partial charge in [-0.25, -0.2) is 0 Å². The Balaban J connectivity index is 1.53. The van der Waals surface area contributed by atoms with E-state index < -0.39 is 0 Å². The predicted octanol–water partition coefficient (Wildman–Crippen LogP) is 7.14. The van der Waals surface area contributed by atoms with E-state index in [9.17, 15) is 0 Å². The van der Waals surface area contributed by atoms with Gasteiger partial charge >= 0.3 is 0 Å². The Hall–Kier alpha value is -3.38. The van der Waals surface area contributed by atoms with Crippen LogP contribution in [0.3, 0.4) is 0 Å². The molecule has 0 bridgehead atoms. The molecule has 0 fully saturated rings. The highest BCUT2D eigenvalue weighted by Crippen LogP contribution is 2.09.